The fraction of sp³-hybridized carbons (Fsp3) is 0.688. The Morgan fingerprint density at radius 2 is 0.990 bits per heavy atom. The van der Waals surface area contributed by atoms with E-state index in [0.29, 0.717) is 43.5 Å². The number of carbonyl (C=O) groups excluding carboxylic acids is 12. The molecule has 4 rings (SSSR count). The van der Waals surface area contributed by atoms with Crippen molar-refractivity contribution in [3.8, 4) is 0 Å². The third-order valence-corrected chi connectivity index (χ3v) is 19.9. The monoisotopic (exact) mass is 1400 g/mol. The Morgan fingerprint density at radius 1 is 0.530 bits per heavy atom. The lowest BCUT2D eigenvalue weighted by Gasteiger charge is -2.39. The van der Waals surface area contributed by atoms with Gasteiger partial charge >= 0.3 is 0 Å². The summed E-state index contributed by atoms with van der Waals surface area (Å²) in [5.74, 6) is -11.7. The lowest BCUT2D eigenvalue weighted by atomic mass is 9.86. The molecule has 2 heterocycles. The van der Waals surface area contributed by atoms with Gasteiger partial charge in [-0.15, -0.1) is 0 Å². The first-order valence-electron chi connectivity index (χ1n) is 36.1. The molecular weight excluding hydrogens is 1270 g/mol. The maximum absolute atomic E-state index is 15.6. The number of nitrogens with one attached hydrogen (secondary N) is 1. The van der Waals surface area contributed by atoms with Gasteiger partial charge in [0.2, 0.25) is 53.2 Å². The zero-order valence-electron chi connectivity index (χ0n) is 63.8. The number of ketones is 3. The summed E-state index contributed by atoms with van der Waals surface area (Å²) in [6, 6.07) is 9.03. The van der Waals surface area contributed by atoms with Crippen LogP contribution in [0.5, 0.6) is 0 Å². The third kappa shape index (κ3) is 24.4. The van der Waals surface area contributed by atoms with Crippen LogP contribution in [0, 0.1) is 41.4 Å². The van der Waals surface area contributed by atoms with E-state index in [1.807, 2.05) is 78.8 Å². The van der Waals surface area contributed by atoms with Crippen molar-refractivity contribution < 1.29 is 67.4 Å². The highest BCUT2D eigenvalue weighted by atomic mass is 16.5. The second-order valence-corrected chi connectivity index (χ2v) is 30.7. The van der Waals surface area contributed by atoms with E-state index in [-0.39, 0.29) is 62.9 Å². The minimum atomic E-state index is -1.67. The molecule has 0 aromatic heterocycles. The van der Waals surface area contributed by atoms with Crippen molar-refractivity contribution in [2.24, 2.45) is 41.4 Å². The number of likely N-dealkylation sites (tertiary alicyclic amines) is 1. The standard InChI is InChI=1S/C77H121N9O14/c1-21-51(8)69-70(93)78-68(53(10)87)76(99)80(15)52(9)71(94)82(17)60(39-50(6)7)64(89)43-57(74(97)86-35-29-24-30-36-86)45-66(91)79(14)46-67(92)81(16)59(38-49(4)5)63(88)42-56(37-48(2)3)72(95)83(18)61(40-54-31-25-22-26-32-54)65(90)44-58(47-100-77(11,12)13)73(96)84(19)62(75(98)85(69)20)41-55-33-27-23-28-34-55/h22-23,25-28,31-34,48-53,56-62,68-69,87H,21,24,29-30,35-47H2,1-20H3,(H,78,93)/t51-,52-,53+,56+,57-,58-,59-,60-,61-,62-,68-,69-/m0/s1. The van der Waals surface area contributed by atoms with Crippen molar-refractivity contribution in [1.29, 1.82) is 0 Å². The van der Waals surface area contributed by atoms with Crippen LogP contribution in [-0.2, 0) is 75.1 Å². The van der Waals surface area contributed by atoms with Crippen LogP contribution < -0.4 is 5.32 Å². The summed E-state index contributed by atoms with van der Waals surface area (Å²) in [6.07, 6.45) is -0.0497. The van der Waals surface area contributed by atoms with E-state index in [2.05, 4.69) is 5.32 Å². The molecule has 2 aliphatic rings. The van der Waals surface area contributed by atoms with Crippen LogP contribution >= 0.6 is 0 Å². The highest BCUT2D eigenvalue weighted by Crippen LogP contribution is 2.29. The van der Waals surface area contributed by atoms with Crippen molar-refractivity contribution in [3.05, 3.63) is 71.8 Å². The van der Waals surface area contributed by atoms with Crippen LogP contribution in [0.3, 0.4) is 0 Å². The molecule has 23 heteroatoms. The van der Waals surface area contributed by atoms with E-state index < -0.39 is 174 Å². The second kappa shape index (κ2) is 39.1. The first kappa shape index (κ1) is 85.0. The van der Waals surface area contributed by atoms with Gasteiger partial charge in [0.25, 0.3) is 0 Å². The van der Waals surface area contributed by atoms with E-state index in [1.54, 1.807) is 62.9 Å². The predicted molar refractivity (Wildman–Crippen MR) is 384 cm³/mol. The lowest BCUT2D eigenvalue weighted by Crippen LogP contribution is -2.62. The molecule has 558 valence electrons. The van der Waals surface area contributed by atoms with Gasteiger partial charge in [0.15, 0.2) is 17.3 Å². The van der Waals surface area contributed by atoms with Gasteiger partial charge in [0.1, 0.15) is 24.2 Å². The van der Waals surface area contributed by atoms with Crippen molar-refractivity contribution in [3.63, 3.8) is 0 Å². The Balaban J connectivity index is 1.99. The molecule has 0 saturated carbocycles. The van der Waals surface area contributed by atoms with Crippen LogP contribution in [0.2, 0.25) is 0 Å². The van der Waals surface area contributed by atoms with E-state index >= 15 is 28.8 Å². The van der Waals surface area contributed by atoms with E-state index in [4.69, 9.17) is 4.74 Å². The highest BCUT2D eigenvalue weighted by molar-refractivity contribution is 6.00. The van der Waals surface area contributed by atoms with Gasteiger partial charge < -0.3 is 54.4 Å². The predicted octanol–water partition coefficient (Wildman–Crippen LogP) is 6.92. The summed E-state index contributed by atoms with van der Waals surface area (Å²) in [4.78, 5) is 191. The third-order valence-electron chi connectivity index (χ3n) is 19.9. The molecule has 2 aromatic rings. The molecule has 2 fully saturated rings. The summed E-state index contributed by atoms with van der Waals surface area (Å²) in [6.45, 7) is 23.1. The highest BCUT2D eigenvalue weighted by Gasteiger charge is 2.45. The van der Waals surface area contributed by atoms with Crippen LogP contribution in [0.4, 0.5) is 0 Å². The fourth-order valence-electron chi connectivity index (χ4n) is 13.5. The lowest BCUT2D eigenvalue weighted by molar-refractivity contribution is -0.154. The number of ether oxygens (including phenoxy) is 1. The minimum Gasteiger partial charge on any atom is -0.391 e. The number of hydrogen-bond acceptors (Lipinski definition) is 14. The summed E-state index contributed by atoms with van der Waals surface area (Å²) >= 11 is 0. The zero-order chi connectivity index (χ0) is 75.4. The molecule has 12 atom stereocenters. The molecule has 2 saturated heterocycles. The molecule has 0 aliphatic carbocycles. The number of likely N-dealkylation sites (N-methyl/N-ethyl adjacent to an activating group) is 7. The SMILES string of the molecule is CC[C@H](C)[C@H]1C(=O)N[C@@H]([C@@H](C)O)C(=O)N(C)[C@@H](C)C(=O)N(C)[C@@H](CC(C)C)C(=O)C[C@H](C(=O)N2CCCCC2)CC(=O)N(C)CC(=O)N(C)[C@@H](CC(C)C)C(=O)C[C@@H](CC(C)C)C(=O)N(C)[C@@H](Cc2ccccc2)C(=O)C[C@@H](COC(C)(C)C)C(=O)N(C)[C@@H](Cc2ccccc2)C(=O)N1C. The molecule has 0 unspecified atom stereocenters. The molecule has 0 spiro atoms. The number of Topliss-reactive ketones (excluding diaryl/α,β-unsaturated/α-hetero) is 3. The molecule has 2 N–H and O–H groups in total. The van der Waals surface area contributed by atoms with Gasteiger partial charge in [-0.25, -0.2) is 0 Å². The number of hydrogen-bond donors (Lipinski definition) is 2. The normalized spacial score (nSPS) is 25.7. The Morgan fingerprint density at radius 3 is 1.49 bits per heavy atom. The topological polar surface area (TPSA) is 272 Å². The molecule has 9 amide bonds. The Kier molecular flexibility index (Phi) is 33.3. The van der Waals surface area contributed by atoms with Crippen molar-refractivity contribution in [2.45, 2.75) is 227 Å². The fourth-order valence-corrected chi connectivity index (χ4v) is 13.5. The number of benzene rings is 2. The largest absolute Gasteiger partial charge is 0.391 e. The minimum absolute atomic E-state index is 0.0218. The number of carbonyl (C=O) groups is 12. The Labute approximate surface area is 596 Å². The van der Waals surface area contributed by atoms with Crippen molar-refractivity contribution in [2.75, 3.05) is 75.6 Å². The second-order valence-electron chi connectivity index (χ2n) is 30.7. The van der Waals surface area contributed by atoms with Gasteiger partial charge in [-0.2, -0.15) is 0 Å². The number of nitrogens with zero attached hydrogens (tertiary/aromatic N) is 8. The molecule has 100 heavy (non-hydrogen) atoms. The first-order valence-corrected chi connectivity index (χ1v) is 36.1. The molecule has 0 bridgehead atoms. The average Bonchev–Trinajstić information content (AvgIpc) is 0.811. The van der Waals surface area contributed by atoms with E-state index in [9.17, 15) is 33.9 Å². The molecule has 2 aliphatic heterocycles. The quantitative estimate of drug-likeness (QED) is 0.173. The maximum Gasteiger partial charge on any atom is 0.248 e. The summed E-state index contributed by atoms with van der Waals surface area (Å²) < 4.78 is 6.33. The molecule has 23 nitrogen and oxygen atoms in total. The smallest absolute Gasteiger partial charge is 0.248 e. The Bertz CT molecular complexity index is 3090. The zero-order valence-corrected chi connectivity index (χ0v) is 63.8. The van der Waals surface area contributed by atoms with Crippen LogP contribution in [-0.4, -0.2) is 244 Å². The summed E-state index contributed by atoms with van der Waals surface area (Å²) in [7, 11) is 10.0. The Hall–Kier alpha value is -7.40. The van der Waals surface area contributed by atoms with Crippen molar-refractivity contribution >= 4 is 70.5 Å². The van der Waals surface area contributed by atoms with Crippen LogP contribution in [0.15, 0.2) is 60.7 Å². The van der Waals surface area contributed by atoms with Crippen LogP contribution in [0.25, 0.3) is 0 Å². The van der Waals surface area contributed by atoms with Crippen LogP contribution in [0.1, 0.15) is 172 Å². The van der Waals surface area contributed by atoms with Crippen molar-refractivity contribution in [1.82, 2.24) is 44.5 Å². The van der Waals surface area contributed by atoms with E-state index in [0.717, 1.165) is 11.3 Å². The number of rotatable bonds is 16. The average molecular weight is 1400 g/mol. The number of amides is 9. The van der Waals surface area contributed by atoms with Gasteiger partial charge in [-0.1, -0.05) is 122 Å². The maximum atomic E-state index is 15.6. The van der Waals surface area contributed by atoms with Gasteiger partial charge in [-0.3, -0.25) is 57.5 Å². The first-order chi connectivity index (χ1) is 46.7. The number of piperidine rings is 1. The van der Waals surface area contributed by atoms with E-state index in [1.165, 1.54) is 92.6 Å². The van der Waals surface area contributed by atoms with Gasteiger partial charge in [0.05, 0.1) is 54.8 Å². The van der Waals surface area contributed by atoms with Gasteiger partial charge in [0, 0.05) is 100 Å². The number of aliphatic hydroxyl groups excluding tert-OH is 1. The molecular formula is C77H121N9O14. The molecule has 2 aromatic carbocycles. The number of aliphatic hydroxyl groups is 1. The molecule has 0 radical (unpaired) electrons. The summed E-state index contributed by atoms with van der Waals surface area (Å²) in [5, 5.41) is 14.1. The van der Waals surface area contributed by atoms with Gasteiger partial charge in [-0.05, 0) is 114 Å². The summed E-state index contributed by atoms with van der Waals surface area (Å²) in [5.41, 5.74) is 0.537.